The third kappa shape index (κ3) is 4.84. The van der Waals surface area contributed by atoms with Gasteiger partial charge in [0.05, 0.1) is 0 Å². The van der Waals surface area contributed by atoms with E-state index in [2.05, 4.69) is 27.1 Å². The van der Waals surface area contributed by atoms with Gasteiger partial charge in [0.1, 0.15) is 11.2 Å². The second kappa shape index (κ2) is 6.31. The van der Waals surface area contributed by atoms with Crippen LogP contribution >= 0.6 is 0 Å². The number of aromatic nitrogens is 2. The molecule has 0 unspecified atom stereocenters. The lowest BCUT2D eigenvalue weighted by molar-refractivity contribution is 0.0529. The van der Waals surface area contributed by atoms with Crippen LogP contribution in [0.2, 0.25) is 0 Å². The van der Waals surface area contributed by atoms with Gasteiger partial charge in [0, 0.05) is 36.3 Å². The molecule has 0 spiro atoms. The summed E-state index contributed by atoms with van der Waals surface area (Å²) in [6, 6.07) is 3.94. The van der Waals surface area contributed by atoms with Gasteiger partial charge in [-0.05, 0) is 32.9 Å². The minimum Gasteiger partial charge on any atom is -0.444 e. The fourth-order valence-corrected chi connectivity index (χ4v) is 1.71. The molecule has 2 N–H and O–H groups in total. The van der Waals surface area contributed by atoms with Crippen LogP contribution in [0.5, 0.6) is 0 Å². The van der Waals surface area contributed by atoms with Crippen LogP contribution in [-0.4, -0.2) is 28.2 Å². The molecule has 2 heterocycles. The molecule has 21 heavy (non-hydrogen) atoms. The third-order valence-corrected chi connectivity index (χ3v) is 2.55. The third-order valence-electron chi connectivity index (χ3n) is 2.55. The van der Waals surface area contributed by atoms with Gasteiger partial charge >= 0.3 is 6.09 Å². The first-order chi connectivity index (χ1) is 9.94. The molecule has 0 aliphatic carbocycles. The molecule has 0 atom stereocenters. The van der Waals surface area contributed by atoms with Gasteiger partial charge in [-0.2, -0.15) is 0 Å². The van der Waals surface area contributed by atoms with Gasteiger partial charge in [-0.15, -0.1) is 0 Å². The molecule has 5 heteroatoms. The van der Waals surface area contributed by atoms with E-state index in [4.69, 9.17) is 4.74 Å². The van der Waals surface area contributed by atoms with Gasteiger partial charge in [-0.3, -0.25) is 0 Å². The van der Waals surface area contributed by atoms with Gasteiger partial charge in [-0.25, -0.2) is 9.78 Å². The number of alkyl carbamates (subject to hydrolysis) is 1. The normalized spacial score (nSPS) is 10.8. The predicted molar refractivity (Wildman–Crippen MR) is 81.8 cm³/mol. The van der Waals surface area contributed by atoms with E-state index < -0.39 is 11.7 Å². The highest BCUT2D eigenvalue weighted by atomic mass is 16.6. The fourth-order valence-electron chi connectivity index (χ4n) is 1.71. The van der Waals surface area contributed by atoms with Gasteiger partial charge in [0.15, 0.2) is 0 Å². The number of ether oxygens (including phenoxy) is 1. The second-order valence-corrected chi connectivity index (χ2v) is 5.62. The van der Waals surface area contributed by atoms with Crippen molar-refractivity contribution in [3.63, 3.8) is 0 Å². The van der Waals surface area contributed by atoms with Crippen molar-refractivity contribution in [3.05, 3.63) is 30.1 Å². The zero-order valence-electron chi connectivity index (χ0n) is 12.5. The molecule has 0 radical (unpaired) electrons. The molecule has 0 saturated carbocycles. The SMILES string of the molecule is CC(C)(C)OC(=O)NCCC#Cc1cnc2[nH]ccc2c1. The van der Waals surface area contributed by atoms with E-state index in [1.54, 1.807) is 6.20 Å². The highest BCUT2D eigenvalue weighted by Crippen LogP contribution is 2.10. The topological polar surface area (TPSA) is 67.0 Å². The van der Waals surface area contributed by atoms with Crippen molar-refractivity contribution < 1.29 is 9.53 Å². The van der Waals surface area contributed by atoms with E-state index >= 15 is 0 Å². The van der Waals surface area contributed by atoms with Crippen molar-refractivity contribution in [2.45, 2.75) is 32.8 Å². The number of carbonyl (C=O) groups excluding carboxylic acids is 1. The van der Waals surface area contributed by atoms with E-state index in [-0.39, 0.29) is 0 Å². The molecule has 0 aromatic carbocycles. The average Bonchev–Trinajstić information content (AvgIpc) is 2.83. The maximum absolute atomic E-state index is 11.4. The van der Waals surface area contributed by atoms with Crippen LogP contribution in [0.15, 0.2) is 24.5 Å². The van der Waals surface area contributed by atoms with Crippen LogP contribution in [0.4, 0.5) is 4.79 Å². The number of fused-ring (bicyclic) bond motifs is 1. The maximum Gasteiger partial charge on any atom is 0.407 e. The maximum atomic E-state index is 11.4. The molecule has 2 aromatic rings. The Labute approximate surface area is 124 Å². The second-order valence-electron chi connectivity index (χ2n) is 5.62. The smallest absolute Gasteiger partial charge is 0.407 e. The number of aromatic amines is 1. The van der Waals surface area contributed by atoms with Crippen LogP contribution in [0.1, 0.15) is 32.8 Å². The van der Waals surface area contributed by atoms with Crippen molar-refractivity contribution in [2.24, 2.45) is 0 Å². The number of nitrogens with one attached hydrogen (secondary N) is 2. The molecule has 0 aliphatic heterocycles. The summed E-state index contributed by atoms with van der Waals surface area (Å²) in [5.74, 6) is 6.04. The summed E-state index contributed by atoms with van der Waals surface area (Å²) in [4.78, 5) is 18.7. The Morgan fingerprint density at radius 2 is 2.29 bits per heavy atom. The summed E-state index contributed by atoms with van der Waals surface area (Å²) in [5, 5.41) is 3.70. The highest BCUT2D eigenvalue weighted by molar-refractivity contribution is 5.76. The van der Waals surface area contributed by atoms with Gasteiger partial charge in [-0.1, -0.05) is 11.8 Å². The van der Waals surface area contributed by atoms with Crippen molar-refractivity contribution >= 4 is 17.1 Å². The number of nitrogens with zero attached hydrogens (tertiary/aromatic N) is 1. The molecule has 0 fully saturated rings. The Bertz CT molecular complexity index is 687. The first-order valence-corrected chi connectivity index (χ1v) is 6.83. The lowest BCUT2D eigenvalue weighted by atomic mass is 10.2. The van der Waals surface area contributed by atoms with Gasteiger partial charge in [0.2, 0.25) is 0 Å². The van der Waals surface area contributed by atoms with E-state index in [0.29, 0.717) is 13.0 Å². The molecule has 110 valence electrons. The minimum atomic E-state index is -0.479. The van der Waals surface area contributed by atoms with Crippen molar-refractivity contribution in [1.82, 2.24) is 15.3 Å². The molecule has 2 aromatic heterocycles. The summed E-state index contributed by atoms with van der Waals surface area (Å²) < 4.78 is 5.13. The van der Waals surface area contributed by atoms with Crippen molar-refractivity contribution in [2.75, 3.05) is 6.54 Å². The largest absolute Gasteiger partial charge is 0.444 e. The average molecular weight is 285 g/mol. The lowest BCUT2D eigenvalue weighted by Gasteiger charge is -2.19. The Balaban J connectivity index is 1.80. The highest BCUT2D eigenvalue weighted by Gasteiger charge is 2.15. The summed E-state index contributed by atoms with van der Waals surface area (Å²) in [6.07, 6.45) is 3.72. The van der Waals surface area contributed by atoms with E-state index in [1.807, 2.05) is 39.1 Å². The van der Waals surface area contributed by atoms with E-state index in [9.17, 15) is 4.79 Å². The Hall–Kier alpha value is -2.48. The monoisotopic (exact) mass is 285 g/mol. The number of H-pyrrole nitrogens is 1. The standard InChI is InChI=1S/C16H19N3O2/c1-16(2,3)21-15(20)18-8-5-4-6-12-10-13-7-9-17-14(13)19-11-12/h7,9-11H,5,8H2,1-3H3,(H,17,19)(H,18,20). The molecule has 0 bridgehead atoms. The number of hydrogen-bond acceptors (Lipinski definition) is 3. The molecule has 0 saturated heterocycles. The molecular weight excluding hydrogens is 266 g/mol. The zero-order chi connectivity index (χ0) is 15.3. The van der Waals surface area contributed by atoms with Crippen molar-refractivity contribution in [3.8, 4) is 11.8 Å². The molecule has 0 aliphatic rings. The summed E-state index contributed by atoms with van der Waals surface area (Å²) in [7, 11) is 0. The number of hydrogen-bond donors (Lipinski definition) is 2. The summed E-state index contributed by atoms with van der Waals surface area (Å²) >= 11 is 0. The Kier molecular flexibility index (Phi) is 4.49. The Morgan fingerprint density at radius 1 is 1.48 bits per heavy atom. The predicted octanol–water partition coefficient (Wildman–Crippen LogP) is 2.83. The summed E-state index contributed by atoms with van der Waals surface area (Å²) in [6.45, 7) is 5.95. The van der Waals surface area contributed by atoms with Crippen LogP contribution in [0.3, 0.4) is 0 Å². The quantitative estimate of drug-likeness (QED) is 0.658. The minimum absolute atomic E-state index is 0.417. The van der Waals surface area contributed by atoms with Crippen LogP contribution < -0.4 is 5.32 Å². The number of carbonyl (C=O) groups is 1. The van der Waals surface area contributed by atoms with Gasteiger partial charge < -0.3 is 15.0 Å². The molecule has 5 nitrogen and oxygen atoms in total. The molecule has 1 amide bonds. The van der Waals surface area contributed by atoms with Crippen LogP contribution in [-0.2, 0) is 4.74 Å². The fraction of sp³-hybridized carbons (Fsp3) is 0.375. The first kappa shape index (κ1) is 14.9. The zero-order valence-corrected chi connectivity index (χ0v) is 12.5. The molecule has 2 rings (SSSR count). The van der Waals surface area contributed by atoms with E-state index in [0.717, 1.165) is 16.6 Å². The van der Waals surface area contributed by atoms with Gasteiger partial charge in [0.25, 0.3) is 0 Å². The lowest BCUT2D eigenvalue weighted by Crippen LogP contribution is -2.32. The van der Waals surface area contributed by atoms with Crippen molar-refractivity contribution in [1.29, 1.82) is 0 Å². The number of amides is 1. The molecular formula is C16H19N3O2. The van der Waals surface area contributed by atoms with Crippen LogP contribution in [0.25, 0.3) is 11.0 Å². The van der Waals surface area contributed by atoms with E-state index in [1.165, 1.54) is 0 Å². The Morgan fingerprint density at radius 3 is 3.05 bits per heavy atom. The first-order valence-electron chi connectivity index (χ1n) is 6.83. The summed E-state index contributed by atoms with van der Waals surface area (Å²) in [5.41, 5.74) is 1.24. The van der Waals surface area contributed by atoms with Crippen LogP contribution in [0, 0.1) is 11.8 Å². The number of rotatable bonds is 2. The number of pyridine rings is 1.